The monoisotopic (exact) mass is 172 g/mol. The van der Waals surface area contributed by atoms with E-state index in [-0.39, 0.29) is 0 Å². The van der Waals surface area contributed by atoms with Crippen LogP contribution in [0.25, 0.3) is 0 Å². The molecular weight excluding hydrogens is 148 g/mol. The summed E-state index contributed by atoms with van der Waals surface area (Å²) in [5.41, 5.74) is 0. The lowest BCUT2D eigenvalue weighted by Crippen LogP contribution is -2.36. The van der Waals surface area contributed by atoms with Crippen molar-refractivity contribution in [3.8, 4) is 0 Å². The predicted octanol–water partition coefficient (Wildman–Crippen LogP) is 1.62. The van der Waals surface area contributed by atoms with Gasteiger partial charge in [0.05, 0.1) is 0 Å². The highest BCUT2D eigenvalue weighted by atomic mass is 15.0. The van der Waals surface area contributed by atoms with Crippen LogP contribution in [0.3, 0.4) is 0 Å². The molecule has 0 amide bonds. The van der Waals surface area contributed by atoms with Crippen LogP contribution in [0.15, 0.2) is 0 Å². The van der Waals surface area contributed by atoms with Crippen LogP contribution in [0.2, 0.25) is 0 Å². The maximum absolute atomic E-state index is 3.50. The molecule has 1 aliphatic heterocycles. The van der Waals surface area contributed by atoms with E-state index in [0.29, 0.717) is 0 Å². The first-order valence-electron chi connectivity index (χ1n) is 5.26. The molecule has 74 valence electrons. The van der Waals surface area contributed by atoms with Gasteiger partial charge in [-0.1, -0.05) is 27.2 Å². The number of likely N-dealkylation sites (N-methyl/N-ethyl adjacent to an activating group) is 1. The Labute approximate surface area is 77.1 Å². The van der Waals surface area contributed by atoms with E-state index in [1.54, 1.807) is 0 Å². The van der Waals surface area contributed by atoms with Crippen LogP contribution < -0.4 is 10.6 Å². The molecule has 1 rings (SSSR count). The van der Waals surface area contributed by atoms with E-state index in [4.69, 9.17) is 0 Å². The average Bonchev–Trinajstić information content (AvgIpc) is 2.56. The molecule has 1 fully saturated rings. The van der Waals surface area contributed by atoms with Crippen molar-refractivity contribution in [2.45, 2.75) is 39.7 Å². The van der Waals surface area contributed by atoms with Crippen LogP contribution in [-0.2, 0) is 0 Å². The number of hydrogen-bond donors (Lipinski definition) is 2. The van der Waals surface area contributed by atoms with Crippen molar-refractivity contribution in [2.75, 3.05) is 20.1 Å². The minimum Gasteiger partial charge on any atom is -0.318 e. The molecular formula is C10H24N2. The van der Waals surface area contributed by atoms with Crippen LogP contribution in [0.4, 0.5) is 0 Å². The molecule has 2 heteroatoms. The van der Waals surface area contributed by atoms with Gasteiger partial charge in [-0.3, -0.25) is 0 Å². The summed E-state index contributed by atoms with van der Waals surface area (Å²) in [6.45, 7) is 8.61. The Bertz CT molecular complexity index is 93.8. The van der Waals surface area contributed by atoms with E-state index in [1.165, 1.54) is 19.4 Å². The van der Waals surface area contributed by atoms with Crippen LogP contribution in [0, 0.1) is 5.92 Å². The number of rotatable bonds is 3. The summed E-state index contributed by atoms with van der Waals surface area (Å²) >= 11 is 0. The molecule has 2 N–H and O–H groups in total. The summed E-state index contributed by atoms with van der Waals surface area (Å²) in [7, 11) is 2.02. The van der Waals surface area contributed by atoms with Crippen molar-refractivity contribution in [3.63, 3.8) is 0 Å². The zero-order valence-electron chi connectivity index (χ0n) is 8.98. The molecule has 0 bridgehead atoms. The number of nitrogens with one attached hydrogen (secondary N) is 2. The normalized spacial score (nSPS) is 28.0. The standard InChI is InChI=1S/C8H18N2.C2H6/c1-3-7-4-5-10-8(7)6-9-2;1-2/h7-10H,3-6H2,1-2H3;1-2H3. The van der Waals surface area contributed by atoms with E-state index in [9.17, 15) is 0 Å². The molecule has 0 spiro atoms. The Morgan fingerprint density at radius 1 is 1.42 bits per heavy atom. The van der Waals surface area contributed by atoms with Gasteiger partial charge in [0.25, 0.3) is 0 Å². The molecule has 12 heavy (non-hydrogen) atoms. The summed E-state index contributed by atoms with van der Waals surface area (Å²) in [4.78, 5) is 0. The van der Waals surface area contributed by atoms with Gasteiger partial charge in [-0.25, -0.2) is 0 Å². The van der Waals surface area contributed by atoms with Gasteiger partial charge in [0, 0.05) is 12.6 Å². The smallest absolute Gasteiger partial charge is 0.0220 e. The van der Waals surface area contributed by atoms with E-state index in [1.807, 2.05) is 20.9 Å². The van der Waals surface area contributed by atoms with Gasteiger partial charge >= 0.3 is 0 Å². The topological polar surface area (TPSA) is 24.1 Å². The molecule has 1 saturated heterocycles. The first-order valence-corrected chi connectivity index (χ1v) is 5.26. The molecule has 0 aromatic rings. The van der Waals surface area contributed by atoms with Gasteiger partial charge < -0.3 is 10.6 Å². The van der Waals surface area contributed by atoms with Crippen molar-refractivity contribution in [3.05, 3.63) is 0 Å². The third kappa shape index (κ3) is 3.55. The quantitative estimate of drug-likeness (QED) is 0.676. The molecule has 1 heterocycles. The summed E-state index contributed by atoms with van der Waals surface area (Å²) < 4.78 is 0. The van der Waals surface area contributed by atoms with Crippen molar-refractivity contribution >= 4 is 0 Å². The highest BCUT2D eigenvalue weighted by Crippen LogP contribution is 2.17. The average molecular weight is 172 g/mol. The molecule has 0 aliphatic carbocycles. The lowest BCUT2D eigenvalue weighted by molar-refractivity contribution is 0.422. The van der Waals surface area contributed by atoms with Crippen molar-refractivity contribution in [1.29, 1.82) is 0 Å². The molecule has 0 saturated carbocycles. The molecule has 0 aromatic heterocycles. The van der Waals surface area contributed by atoms with E-state index in [0.717, 1.165) is 18.5 Å². The second-order valence-corrected chi connectivity index (χ2v) is 3.08. The lowest BCUT2D eigenvalue weighted by Gasteiger charge is -2.16. The van der Waals surface area contributed by atoms with Gasteiger partial charge in [-0.2, -0.15) is 0 Å². The largest absolute Gasteiger partial charge is 0.318 e. The van der Waals surface area contributed by atoms with Gasteiger partial charge in [0.1, 0.15) is 0 Å². The maximum atomic E-state index is 3.50. The van der Waals surface area contributed by atoms with Gasteiger partial charge in [0.15, 0.2) is 0 Å². The first-order chi connectivity index (χ1) is 5.88. The Hall–Kier alpha value is -0.0800. The van der Waals surface area contributed by atoms with Crippen LogP contribution in [-0.4, -0.2) is 26.2 Å². The Morgan fingerprint density at radius 2 is 2.08 bits per heavy atom. The van der Waals surface area contributed by atoms with Gasteiger partial charge in [-0.05, 0) is 25.9 Å². The predicted molar refractivity (Wildman–Crippen MR) is 55.5 cm³/mol. The van der Waals surface area contributed by atoms with Crippen LogP contribution >= 0.6 is 0 Å². The molecule has 2 nitrogen and oxygen atoms in total. The van der Waals surface area contributed by atoms with Gasteiger partial charge in [0.2, 0.25) is 0 Å². The maximum Gasteiger partial charge on any atom is 0.0220 e. The minimum absolute atomic E-state index is 0.731. The molecule has 1 aliphatic rings. The van der Waals surface area contributed by atoms with E-state index in [2.05, 4.69) is 17.6 Å². The molecule has 2 atom stereocenters. The zero-order chi connectivity index (χ0) is 9.40. The fraction of sp³-hybridized carbons (Fsp3) is 1.00. The highest BCUT2D eigenvalue weighted by Gasteiger charge is 2.23. The third-order valence-electron chi connectivity index (χ3n) is 2.44. The Balaban J connectivity index is 0.000000561. The molecule has 2 unspecified atom stereocenters. The fourth-order valence-electron chi connectivity index (χ4n) is 1.77. The highest BCUT2D eigenvalue weighted by molar-refractivity contribution is 4.83. The fourth-order valence-corrected chi connectivity index (χ4v) is 1.77. The van der Waals surface area contributed by atoms with Crippen LogP contribution in [0.5, 0.6) is 0 Å². The summed E-state index contributed by atoms with van der Waals surface area (Å²) in [5, 5.41) is 6.71. The summed E-state index contributed by atoms with van der Waals surface area (Å²) in [6.07, 6.45) is 2.68. The first kappa shape index (κ1) is 11.9. The van der Waals surface area contributed by atoms with E-state index >= 15 is 0 Å². The lowest BCUT2D eigenvalue weighted by atomic mass is 9.98. The van der Waals surface area contributed by atoms with Crippen molar-refractivity contribution in [2.24, 2.45) is 5.92 Å². The minimum atomic E-state index is 0.731. The van der Waals surface area contributed by atoms with E-state index < -0.39 is 0 Å². The molecule has 0 radical (unpaired) electrons. The van der Waals surface area contributed by atoms with Crippen LogP contribution in [0.1, 0.15) is 33.6 Å². The second kappa shape index (κ2) is 7.56. The Morgan fingerprint density at radius 3 is 2.58 bits per heavy atom. The second-order valence-electron chi connectivity index (χ2n) is 3.08. The summed E-state index contributed by atoms with van der Waals surface area (Å²) in [6, 6.07) is 0.731. The van der Waals surface area contributed by atoms with Gasteiger partial charge in [-0.15, -0.1) is 0 Å². The van der Waals surface area contributed by atoms with Crippen molar-refractivity contribution in [1.82, 2.24) is 10.6 Å². The Kier molecular flexibility index (Phi) is 7.51. The molecule has 0 aromatic carbocycles. The number of hydrogen-bond acceptors (Lipinski definition) is 2. The zero-order valence-corrected chi connectivity index (χ0v) is 8.98. The van der Waals surface area contributed by atoms with Crippen molar-refractivity contribution < 1.29 is 0 Å². The summed E-state index contributed by atoms with van der Waals surface area (Å²) in [5.74, 6) is 0.910. The third-order valence-corrected chi connectivity index (χ3v) is 2.44. The SMILES string of the molecule is CC.CCC1CCNC1CNC.